The predicted molar refractivity (Wildman–Crippen MR) is 96.9 cm³/mol. The van der Waals surface area contributed by atoms with Crippen molar-refractivity contribution in [2.75, 3.05) is 4.90 Å². The molecule has 136 valence electrons. The van der Waals surface area contributed by atoms with Gasteiger partial charge in [-0.2, -0.15) is 0 Å². The first-order chi connectivity index (χ1) is 12.3. The number of rotatable bonds is 2. The second kappa shape index (κ2) is 5.50. The minimum Gasteiger partial charge on any atom is -0.274 e. The van der Waals surface area contributed by atoms with E-state index in [1.165, 1.54) is 4.90 Å². The van der Waals surface area contributed by atoms with Crippen molar-refractivity contribution in [3.8, 4) is 0 Å². The highest BCUT2D eigenvalue weighted by Crippen LogP contribution is 2.51. The highest BCUT2D eigenvalue weighted by atomic mass is 16.6. The van der Waals surface area contributed by atoms with Crippen molar-refractivity contribution >= 4 is 23.2 Å². The molecule has 1 aromatic rings. The molecule has 3 aliphatic carbocycles. The van der Waals surface area contributed by atoms with E-state index in [0.29, 0.717) is 27.9 Å². The lowest BCUT2D eigenvalue weighted by atomic mass is 9.63. The lowest BCUT2D eigenvalue weighted by Gasteiger charge is -2.38. The van der Waals surface area contributed by atoms with Crippen LogP contribution in [0.5, 0.6) is 0 Å². The van der Waals surface area contributed by atoms with E-state index in [4.69, 9.17) is 0 Å². The lowest BCUT2D eigenvalue weighted by Crippen LogP contribution is -2.38. The number of imide groups is 1. The van der Waals surface area contributed by atoms with Crippen LogP contribution in [0.1, 0.15) is 35.1 Å². The largest absolute Gasteiger partial charge is 0.275 e. The molecule has 1 saturated carbocycles. The van der Waals surface area contributed by atoms with Gasteiger partial charge in [0.1, 0.15) is 0 Å². The van der Waals surface area contributed by atoms with Crippen molar-refractivity contribution in [2.24, 2.45) is 23.7 Å². The minimum absolute atomic E-state index is 0.0713. The van der Waals surface area contributed by atoms with Crippen LogP contribution < -0.4 is 4.90 Å². The maximum absolute atomic E-state index is 13.2. The van der Waals surface area contributed by atoms with E-state index in [1.807, 2.05) is 0 Å². The maximum atomic E-state index is 13.2. The van der Waals surface area contributed by atoms with Gasteiger partial charge in [-0.3, -0.25) is 19.7 Å². The van der Waals surface area contributed by atoms with Gasteiger partial charge in [0, 0.05) is 11.1 Å². The number of nitro benzene ring substituents is 1. The molecule has 2 bridgehead atoms. The number of fused-ring (bicyclic) bond motifs is 1. The summed E-state index contributed by atoms with van der Waals surface area (Å²) >= 11 is 0. The predicted octanol–water partition coefficient (Wildman–Crippen LogP) is 3.53. The summed E-state index contributed by atoms with van der Waals surface area (Å²) in [6.45, 7) is 6.90. The zero-order valence-electron chi connectivity index (χ0n) is 15.4. The summed E-state index contributed by atoms with van der Waals surface area (Å²) < 4.78 is 0. The van der Waals surface area contributed by atoms with Crippen molar-refractivity contribution < 1.29 is 14.5 Å². The van der Waals surface area contributed by atoms with E-state index >= 15 is 0 Å². The van der Waals surface area contributed by atoms with E-state index in [2.05, 4.69) is 12.2 Å². The van der Waals surface area contributed by atoms with Gasteiger partial charge in [0.25, 0.3) is 5.69 Å². The minimum atomic E-state index is -0.383. The van der Waals surface area contributed by atoms with Crippen molar-refractivity contribution in [3.05, 3.63) is 44.5 Å². The topological polar surface area (TPSA) is 80.5 Å². The molecule has 4 atom stereocenters. The number of nitrogens with zero attached hydrogens (tertiary/aromatic N) is 2. The van der Waals surface area contributed by atoms with Gasteiger partial charge in [0.05, 0.1) is 22.4 Å². The molecule has 0 spiro atoms. The van der Waals surface area contributed by atoms with E-state index in [-0.39, 0.29) is 46.1 Å². The quantitative estimate of drug-likeness (QED) is 0.352. The molecule has 26 heavy (non-hydrogen) atoms. The highest BCUT2D eigenvalue weighted by molar-refractivity contribution is 6.23. The average Bonchev–Trinajstić information content (AvgIpc) is 2.88. The monoisotopic (exact) mass is 354 g/mol. The van der Waals surface area contributed by atoms with Crippen LogP contribution in [-0.4, -0.2) is 16.7 Å². The van der Waals surface area contributed by atoms with Crippen LogP contribution in [0.15, 0.2) is 12.2 Å². The third-order valence-electron chi connectivity index (χ3n) is 6.71. The van der Waals surface area contributed by atoms with Crippen LogP contribution in [0.25, 0.3) is 0 Å². The third-order valence-corrected chi connectivity index (χ3v) is 6.71. The first-order valence-electron chi connectivity index (χ1n) is 9.06. The molecule has 2 amide bonds. The summed E-state index contributed by atoms with van der Waals surface area (Å²) in [7, 11) is 0. The van der Waals surface area contributed by atoms with Crippen LogP contribution in [-0.2, 0) is 9.59 Å². The zero-order valence-corrected chi connectivity index (χ0v) is 15.4. The molecule has 0 N–H and O–H groups in total. The summed E-state index contributed by atoms with van der Waals surface area (Å²) in [5.74, 6) is -0.572. The van der Waals surface area contributed by atoms with Gasteiger partial charge in [-0.15, -0.1) is 0 Å². The summed E-state index contributed by atoms with van der Waals surface area (Å²) in [5, 5.41) is 11.5. The number of allylic oxidation sites excluding steroid dienone is 2. The molecule has 6 nitrogen and oxygen atoms in total. The Balaban J connectivity index is 1.88. The molecule has 2 fully saturated rings. The Morgan fingerprint density at radius 2 is 1.31 bits per heavy atom. The van der Waals surface area contributed by atoms with Crippen LogP contribution >= 0.6 is 0 Å². The smallest absolute Gasteiger partial charge is 0.274 e. The van der Waals surface area contributed by atoms with Gasteiger partial charge in [0.15, 0.2) is 0 Å². The van der Waals surface area contributed by atoms with E-state index in [9.17, 15) is 19.7 Å². The molecule has 0 unspecified atom stereocenters. The van der Waals surface area contributed by atoms with Crippen LogP contribution in [0.2, 0.25) is 0 Å². The molecule has 5 rings (SSSR count). The first kappa shape index (κ1) is 16.9. The molecule has 1 aliphatic heterocycles. The number of hydrogen-bond donors (Lipinski definition) is 0. The fourth-order valence-electron chi connectivity index (χ4n) is 5.18. The summed E-state index contributed by atoms with van der Waals surface area (Å²) in [5.41, 5.74) is 2.94. The second-order valence-corrected chi connectivity index (χ2v) is 7.81. The molecule has 0 radical (unpaired) electrons. The number of benzene rings is 1. The Labute approximate surface area is 152 Å². The fraction of sp³-hybridized carbons (Fsp3) is 0.500. The Morgan fingerprint density at radius 3 is 1.65 bits per heavy atom. The number of anilines is 1. The Morgan fingerprint density at radius 1 is 0.885 bits per heavy atom. The lowest BCUT2D eigenvalue weighted by molar-refractivity contribution is -0.386. The van der Waals surface area contributed by atoms with Gasteiger partial charge in [-0.1, -0.05) is 12.2 Å². The number of amides is 2. The first-order valence-corrected chi connectivity index (χ1v) is 9.06. The van der Waals surface area contributed by atoms with Crippen LogP contribution in [0, 0.1) is 61.5 Å². The SMILES string of the molecule is Cc1c(C)c([N+](=O)[O-])c(C)c(C)c1N1C(=O)[C@@H]2[C@H](C1=O)[C@@H]1C=C[C@H]2CC1. The molecule has 1 heterocycles. The van der Waals surface area contributed by atoms with Gasteiger partial charge in [0.2, 0.25) is 11.8 Å². The normalized spacial score (nSPS) is 29.5. The average molecular weight is 354 g/mol. The van der Waals surface area contributed by atoms with Gasteiger partial charge in [-0.05, 0) is 63.5 Å². The number of nitro groups is 1. The Kier molecular flexibility index (Phi) is 3.58. The molecule has 1 aromatic carbocycles. The van der Waals surface area contributed by atoms with Gasteiger partial charge >= 0.3 is 0 Å². The molecular weight excluding hydrogens is 332 g/mol. The number of carbonyl (C=O) groups is 2. The molecule has 4 aliphatic rings. The molecule has 6 heteroatoms. The van der Waals surface area contributed by atoms with Crippen molar-refractivity contribution in [2.45, 2.75) is 40.5 Å². The van der Waals surface area contributed by atoms with Gasteiger partial charge in [-0.25, -0.2) is 4.90 Å². The summed E-state index contributed by atoms with van der Waals surface area (Å²) in [4.78, 5) is 38.9. The fourth-order valence-corrected chi connectivity index (χ4v) is 5.18. The standard InChI is InChI=1S/C20H22N2O4/c1-9-11(3)18(22(25)26)12(4)10(2)17(9)21-19(23)15-13-5-6-14(8-7-13)16(15)20(21)24/h5-6,13-16H,7-8H2,1-4H3/t13-,14+,15-,16+. The number of carbonyl (C=O) groups excluding carboxylic acids is 2. The summed E-state index contributed by atoms with van der Waals surface area (Å²) in [6, 6.07) is 0. The Bertz CT molecular complexity index is 841. The van der Waals surface area contributed by atoms with E-state index in [1.54, 1.807) is 27.7 Å². The molecular formula is C20H22N2O4. The summed E-state index contributed by atoms with van der Waals surface area (Å²) in [6.07, 6.45) is 6.09. The molecule has 0 aromatic heterocycles. The van der Waals surface area contributed by atoms with Gasteiger partial charge < -0.3 is 0 Å². The van der Waals surface area contributed by atoms with Crippen molar-refractivity contribution in [3.63, 3.8) is 0 Å². The molecule has 1 saturated heterocycles. The Hall–Kier alpha value is -2.50. The van der Waals surface area contributed by atoms with Crippen LogP contribution in [0.3, 0.4) is 0 Å². The van der Waals surface area contributed by atoms with E-state index in [0.717, 1.165) is 12.8 Å². The zero-order chi connectivity index (χ0) is 18.9. The van der Waals surface area contributed by atoms with Crippen molar-refractivity contribution in [1.82, 2.24) is 0 Å². The second-order valence-electron chi connectivity index (χ2n) is 7.81. The maximum Gasteiger partial charge on any atom is 0.275 e. The van der Waals surface area contributed by atoms with E-state index < -0.39 is 0 Å². The van der Waals surface area contributed by atoms with Crippen molar-refractivity contribution in [1.29, 1.82) is 0 Å². The number of hydrogen-bond acceptors (Lipinski definition) is 4. The third kappa shape index (κ3) is 1.98. The highest BCUT2D eigenvalue weighted by Gasteiger charge is 2.57. The van der Waals surface area contributed by atoms with Crippen LogP contribution in [0.4, 0.5) is 11.4 Å².